The molecule has 0 radical (unpaired) electrons. The standard InChI is InChI=1S/C11H15N3O3/c1-8-3-2-5-12-9(8)7-14-11(17)13-6-4-10(15)16/h2-3,5H,4,6-7H2,1H3,(H,15,16)(H2,13,14,17). The summed E-state index contributed by atoms with van der Waals surface area (Å²) in [5.41, 5.74) is 1.79. The number of carboxylic acids is 1. The molecule has 0 aromatic carbocycles. The zero-order chi connectivity index (χ0) is 12.7. The van der Waals surface area contributed by atoms with Gasteiger partial charge >= 0.3 is 12.0 Å². The maximum absolute atomic E-state index is 11.3. The number of hydrogen-bond donors (Lipinski definition) is 3. The van der Waals surface area contributed by atoms with Gasteiger partial charge in [-0.15, -0.1) is 0 Å². The van der Waals surface area contributed by atoms with Gasteiger partial charge in [-0.1, -0.05) is 6.07 Å². The summed E-state index contributed by atoms with van der Waals surface area (Å²) in [4.78, 5) is 25.6. The molecule has 0 unspecified atom stereocenters. The Morgan fingerprint density at radius 1 is 1.41 bits per heavy atom. The maximum atomic E-state index is 11.3. The van der Waals surface area contributed by atoms with Crippen LogP contribution >= 0.6 is 0 Å². The summed E-state index contributed by atoms with van der Waals surface area (Å²) in [5.74, 6) is -0.939. The Hall–Kier alpha value is -2.11. The summed E-state index contributed by atoms with van der Waals surface area (Å²) in [5, 5.41) is 13.4. The number of amides is 2. The number of aliphatic carboxylic acids is 1. The molecule has 1 heterocycles. The quantitative estimate of drug-likeness (QED) is 0.701. The molecule has 3 N–H and O–H groups in total. The molecule has 0 saturated heterocycles. The van der Waals surface area contributed by atoms with E-state index >= 15 is 0 Å². The van der Waals surface area contributed by atoms with Crippen LogP contribution < -0.4 is 10.6 Å². The van der Waals surface area contributed by atoms with E-state index in [4.69, 9.17) is 5.11 Å². The van der Waals surface area contributed by atoms with E-state index in [1.807, 2.05) is 19.1 Å². The molecule has 0 spiro atoms. The summed E-state index contributed by atoms with van der Waals surface area (Å²) < 4.78 is 0. The van der Waals surface area contributed by atoms with Crippen molar-refractivity contribution in [3.8, 4) is 0 Å². The van der Waals surface area contributed by atoms with Crippen LogP contribution in [0.2, 0.25) is 0 Å². The number of urea groups is 1. The van der Waals surface area contributed by atoms with Crippen LogP contribution in [0.5, 0.6) is 0 Å². The molecule has 1 aromatic heterocycles. The van der Waals surface area contributed by atoms with E-state index in [2.05, 4.69) is 15.6 Å². The number of carbonyl (C=O) groups is 2. The molecule has 0 atom stereocenters. The molecule has 92 valence electrons. The van der Waals surface area contributed by atoms with Crippen molar-refractivity contribution in [1.29, 1.82) is 0 Å². The first-order chi connectivity index (χ1) is 8.09. The average molecular weight is 237 g/mol. The number of aryl methyl sites for hydroxylation is 1. The lowest BCUT2D eigenvalue weighted by Gasteiger charge is -2.07. The highest BCUT2D eigenvalue weighted by Crippen LogP contribution is 2.01. The minimum absolute atomic E-state index is 0.0873. The lowest BCUT2D eigenvalue weighted by Crippen LogP contribution is -2.36. The van der Waals surface area contributed by atoms with Crippen LogP contribution in [0.25, 0.3) is 0 Å². The van der Waals surface area contributed by atoms with Crippen LogP contribution in [0.15, 0.2) is 18.3 Å². The molecule has 0 fully saturated rings. The fraction of sp³-hybridized carbons (Fsp3) is 0.364. The maximum Gasteiger partial charge on any atom is 0.315 e. The Labute approximate surface area is 99.1 Å². The second-order valence-corrected chi connectivity index (χ2v) is 3.52. The van der Waals surface area contributed by atoms with E-state index in [1.165, 1.54) is 0 Å². The van der Waals surface area contributed by atoms with Crippen molar-refractivity contribution in [3.05, 3.63) is 29.6 Å². The highest BCUT2D eigenvalue weighted by molar-refractivity contribution is 5.74. The fourth-order valence-corrected chi connectivity index (χ4v) is 1.21. The van der Waals surface area contributed by atoms with Crippen molar-refractivity contribution in [2.24, 2.45) is 0 Å². The number of rotatable bonds is 5. The number of aromatic nitrogens is 1. The van der Waals surface area contributed by atoms with Gasteiger partial charge in [0.25, 0.3) is 0 Å². The van der Waals surface area contributed by atoms with Crippen LogP contribution in [0, 0.1) is 6.92 Å². The number of carboxylic acid groups (broad SMARTS) is 1. The number of hydrogen-bond acceptors (Lipinski definition) is 3. The van der Waals surface area contributed by atoms with E-state index in [9.17, 15) is 9.59 Å². The van der Waals surface area contributed by atoms with Crippen LogP contribution in [-0.2, 0) is 11.3 Å². The Morgan fingerprint density at radius 3 is 2.82 bits per heavy atom. The molecule has 0 saturated carbocycles. The smallest absolute Gasteiger partial charge is 0.315 e. The van der Waals surface area contributed by atoms with Gasteiger partial charge in [0, 0.05) is 12.7 Å². The van der Waals surface area contributed by atoms with Gasteiger partial charge in [0.05, 0.1) is 18.7 Å². The Bertz CT molecular complexity index is 407. The third kappa shape index (κ3) is 4.96. The van der Waals surface area contributed by atoms with Crippen molar-refractivity contribution in [2.45, 2.75) is 19.9 Å². The molecular formula is C11H15N3O3. The average Bonchev–Trinajstić information content (AvgIpc) is 2.27. The van der Waals surface area contributed by atoms with Crippen LogP contribution in [0.4, 0.5) is 4.79 Å². The minimum Gasteiger partial charge on any atom is -0.481 e. The zero-order valence-corrected chi connectivity index (χ0v) is 9.56. The highest BCUT2D eigenvalue weighted by Gasteiger charge is 2.03. The number of nitrogens with zero attached hydrogens (tertiary/aromatic N) is 1. The van der Waals surface area contributed by atoms with E-state index < -0.39 is 12.0 Å². The van der Waals surface area contributed by atoms with Crippen LogP contribution in [0.1, 0.15) is 17.7 Å². The molecule has 6 nitrogen and oxygen atoms in total. The molecule has 0 aliphatic heterocycles. The van der Waals surface area contributed by atoms with Gasteiger partial charge in [-0.2, -0.15) is 0 Å². The Morgan fingerprint density at radius 2 is 2.18 bits per heavy atom. The van der Waals surface area contributed by atoms with Crippen molar-refractivity contribution < 1.29 is 14.7 Å². The van der Waals surface area contributed by atoms with Gasteiger partial charge in [-0.25, -0.2) is 4.79 Å². The normalized spacial score (nSPS) is 9.71. The van der Waals surface area contributed by atoms with Gasteiger partial charge in [-0.3, -0.25) is 9.78 Å². The van der Waals surface area contributed by atoms with Gasteiger partial charge < -0.3 is 15.7 Å². The first kappa shape index (κ1) is 13.0. The van der Waals surface area contributed by atoms with E-state index in [0.717, 1.165) is 11.3 Å². The summed E-state index contributed by atoms with van der Waals surface area (Å²) in [6.45, 7) is 2.35. The number of pyridine rings is 1. The predicted molar refractivity (Wildman–Crippen MR) is 61.5 cm³/mol. The third-order valence-electron chi connectivity index (χ3n) is 2.16. The van der Waals surface area contributed by atoms with Crippen molar-refractivity contribution in [2.75, 3.05) is 6.54 Å². The Kier molecular flexibility index (Phi) is 4.93. The van der Waals surface area contributed by atoms with Gasteiger partial charge in [-0.05, 0) is 18.6 Å². The lowest BCUT2D eigenvalue weighted by atomic mass is 10.2. The fourth-order valence-electron chi connectivity index (χ4n) is 1.21. The molecule has 0 aliphatic rings. The zero-order valence-electron chi connectivity index (χ0n) is 9.56. The van der Waals surface area contributed by atoms with E-state index in [0.29, 0.717) is 6.54 Å². The van der Waals surface area contributed by atoms with Crippen molar-refractivity contribution >= 4 is 12.0 Å². The van der Waals surface area contributed by atoms with E-state index in [-0.39, 0.29) is 13.0 Å². The first-order valence-corrected chi connectivity index (χ1v) is 5.23. The molecule has 0 bridgehead atoms. The SMILES string of the molecule is Cc1cccnc1CNC(=O)NCCC(=O)O. The third-order valence-corrected chi connectivity index (χ3v) is 2.16. The number of nitrogens with one attached hydrogen (secondary N) is 2. The first-order valence-electron chi connectivity index (χ1n) is 5.23. The van der Waals surface area contributed by atoms with Crippen LogP contribution in [0.3, 0.4) is 0 Å². The second kappa shape index (κ2) is 6.47. The highest BCUT2D eigenvalue weighted by atomic mass is 16.4. The van der Waals surface area contributed by atoms with Crippen molar-refractivity contribution in [1.82, 2.24) is 15.6 Å². The Balaban J connectivity index is 2.29. The molecular weight excluding hydrogens is 222 g/mol. The topological polar surface area (TPSA) is 91.3 Å². The van der Waals surface area contributed by atoms with Gasteiger partial charge in [0.2, 0.25) is 0 Å². The van der Waals surface area contributed by atoms with E-state index in [1.54, 1.807) is 6.20 Å². The van der Waals surface area contributed by atoms with Crippen molar-refractivity contribution in [3.63, 3.8) is 0 Å². The van der Waals surface area contributed by atoms with Gasteiger partial charge in [0.15, 0.2) is 0 Å². The molecule has 6 heteroatoms. The minimum atomic E-state index is -0.939. The molecule has 1 rings (SSSR count). The lowest BCUT2D eigenvalue weighted by molar-refractivity contribution is -0.136. The second-order valence-electron chi connectivity index (χ2n) is 3.52. The van der Waals surface area contributed by atoms with Gasteiger partial charge in [0.1, 0.15) is 0 Å². The molecule has 2 amide bonds. The largest absolute Gasteiger partial charge is 0.481 e. The molecule has 17 heavy (non-hydrogen) atoms. The summed E-state index contributed by atoms with van der Waals surface area (Å²) in [6, 6.07) is 3.34. The number of carbonyl (C=O) groups excluding carboxylic acids is 1. The summed E-state index contributed by atoms with van der Waals surface area (Å²) in [6.07, 6.45) is 1.57. The summed E-state index contributed by atoms with van der Waals surface area (Å²) in [7, 11) is 0. The molecule has 1 aromatic rings. The van der Waals surface area contributed by atoms with Crippen LogP contribution in [-0.4, -0.2) is 28.6 Å². The molecule has 0 aliphatic carbocycles. The monoisotopic (exact) mass is 237 g/mol. The summed E-state index contributed by atoms with van der Waals surface area (Å²) >= 11 is 0. The predicted octanol–water partition coefficient (Wildman–Crippen LogP) is 0.664.